The van der Waals surface area contributed by atoms with Gasteiger partial charge in [-0.05, 0) is 49.9 Å². The molecule has 0 spiro atoms. The van der Waals surface area contributed by atoms with Crippen LogP contribution in [0, 0.1) is 5.92 Å². The van der Waals surface area contributed by atoms with E-state index in [1.54, 1.807) is 35.7 Å². The van der Waals surface area contributed by atoms with Gasteiger partial charge in [-0.3, -0.25) is 4.90 Å². The predicted molar refractivity (Wildman–Crippen MR) is 85.5 cm³/mol. The van der Waals surface area contributed by atoms with Crippen molar-refractivity contribution in [1.29, 1.82) is 0 Å². The molecule has 1 aliphatic heterocycles. The Morgan fingerprint density at radius 2 is 1.68 bits per heavy atom. The van der Waals surface area contributed by atoms with E-state index in [9.17, 15) is 8.42 Å². The van der Waals surface area contributed by atoms with E-state index >= 15 is 0 Å². The molecule has 5 nitrogen and oxygen atoms in total. The number of ether oxygens (including phenoxy) is 1. The maximum Gasteiger partial charge on any atom is 0.243 e. The number of hydrogen-bond acceptors (Lipinski definition) is 4. The summed E-state index contributed by atoms with van der Waals surface area (Å²) < 4.78 is 32.0. The molecular formula is C16H24N2O3S. The molecule has 0 radical (unpaired) electrons. The first kappa shape index (κ1) is 15.8. The Balaban J connectivity index is 1.65. The molecule has 1 aliphatic carbocycles. The zero-order valence-electron chi connectivity index (χ0n) is 13.2. The van der Waals surface area contributed by atoms with Crippen molar-refractivity contribution in [3.63, 3.8) is 0 Å². The van der Waals surface area contributed by atoms with Crippen molar-refractivity contribution in [1.82, 2.24) is 9.21 Å². The normalized spacial score (nSPS) is 22.5. The van der Waals surface area contributed by atoms with Crippen LogP contribution in [0.4, 0.5) is 0 Å². The molecule has 2 fully saturated rings. The maximum absolute atomic E-state index is 12.7. The largest absolute Gasteiger partial charge is 0.497 e. The standard InChI is InChI=1S/C16H24N2O3S/c1-13(14-3-4-14)17-9-11-18(12-10-17)22(19,20)16-7-5-15(21-2)6-8-16/h5-8,13-14H,3-4,9-12H2,1-2H3. The third kappa shape index (κ3) is 3.14. The third-order valence-corrected chi connectivity index (χ3v) is 6.76. The molecule has 1 aromatic carbocycles. The van der Waals surface area contributed by atoms with Crippen molar-refractivity contribution in [2.45, 2.75) is 30.7 Å². The number of hydrogen-bond donors (Lipinski definition) is 0. The Morgan fingerprint density at radius 3 is 2.18 bits per heavy atom. The first-order chi connectivity index (χ1) is 10.5. The number of sulfonamides is 1. The minimum Gasteiger partial charge on any atom is -0.497 e. The minimum absolute atomic E-state index is 0.344. The number of rotatable bonds is 5. The molecule has 2 aliphatic rings. The fourth-order valence-corrected chi connectivity index (χ4v) is 4.55. The molecule has 0 N–H and O–H groups in total. The van der Waals surface area contributed by atoms with Crippen molar-refractivity contribution in [2.24, 2.45) is 5.92 Å². The molecule has 0 aromatic heterocycles. The Labute approximate surface area is 132 Å². The molecule has 6 heteroatoms. The fourth-order valence-electron chi connectivity index (χ4n) is 3.12. The highest BCUT2D eigenvalue weighted by Gasteiger charge is 2.35. The van der Waals surface area contributed by atoms with Gasteiger partial charge in [0.15, 0.2) is 0 Å². The van der Waals surface area contributed by atoms with Gasteiger partial charge in [0.25, 0.3) is 0 Å². The van der Waals surface area contributed by atoms with Crippen molar-refractivity contribution in [3.8, 4) is 5.75 Å². The van der Waals surface area contributed by atoms with Crippen LogP contribution in [0.5, 0.6) is 5.75 Å². The van der Waals surface area contributed by atoms with Gasteiger partial charge in [0, 0.05) is 32.2 Å². The average Bonchev–Trinajstić information content (AvgIpc) is 3.39. The lowest BCUT2D eigenvalue weighted by Crippen LogP contribution is -2.51. The zero-order valence-corrected chi connectivity index (χ0v) is 14.1. The molecule has 22 heavy (non-hydrogen) atoms. The van der Waals surface area contributed by atoms with Crippen LogP contribution in [0.3, 0.4) is 0 Å². The van der Waals surface area contributed by atoms with Gasteiger partial charge in [-0.1, -0.05) is 0 Å². The monoisotopic (exact) mass is 324 g/mol. The van der Waals surface area contributed by atoms with Gasteiger partial charge < -0.3 is 4.74 Å². The summed E-state index contributed by atoms with van der Waals surface area (Å²) in [6, 6.07) is 7.21. The van der Waals surface area contributed by atoms with Gasteiger partial charge in [-0.25, -0.2) is 8.42 Å². The van der Waals surface area contributed by atoms with E-state index in [2.05, 4.69) is 11.8 Å². The number of piperazine rings is 1. The summed E-state index contributed by atoms with van der Waals surface area (Å²) in [5, 5.41) is 0. The molecule has 1 atom stereocenters. The Kier molecular flexibility index (Phi) is 4.43. The van der Waals surface area contributed by atoms with E-state index in [0.717, 1.165) is 19.0 Å². The smallest absolute Gasteiger partial charge is 0.243 e. The summed E-state index contributed by atoms with van der Waals surface area (Å²) in [5.41, 5.74) is 0. The van der Waals surface area contributed by atoms with Crippen molar-refractivity contribution in [3.05, 3.63) is 24.3 Å². The van der Waals surface area contributed by atoms with Gasteiger partial charge in [0.1, 0.15) is 5.75 Å². The predicted octanol–water partition coefficient (Wildman–Crippen LogP) is 1.80. The van der Waals surface area contributed by atoms with Crippen LogP contribution < -0.4 is 4.74 Å². The molecule has 1 aromatic rings. The topological polar surface area (TPSA) is 49.9 Å². The summed E-state index contributed by atoms with van der Waals surface area (Å²) in [6.45, 7) is 5.07. The van der Waals surface area contributed by atoms with Crippen molar-refractivity contribution < 1.29 is 13.2 Å². The summed E-state index contributed by atoms with van der Waals surface area (Å²) in [7, 11) is -1.82. The lowest BCUT2D eigenvalue weighted by Gasteiger charge is -2.37. The van der Waals surface area contributed by atoms with Crippen LogP contribution in [-0.2, 0) is 10.0 Å². The minimum atomic E-state index is -3.39. The Morgan fingerprint density at radius 1 is 1.09 bits per heavy atom. The van der Waals surface area contributed by atoms with Gasteiger partial charge >= 0.3 is 0 Å². The highest BCUT2D eigenvalue weighted by atomic mass is 32.2. The number of benzene rings is 1. The van der Waals surface area contributed by atoms with Crippen LogP contribution in [-0.4, -0.2) is 57.0 Å². The van der Waals surface area contributed by atoms with Crippen LogP contribution in [0.2, 0.25) is 0 Å². The molecule has 1 saturated carbocycles. The Hall–Kier alpha value is -1.11. The third-order valence-electron chi connectivity index (χ3n) is 4.85. The van der Waals surface area contributed by atoms with E-state index < -0.39 is 10.0 Å². The molecular weight excluding hydrogens is 300 g/mol. The second kappa shape index (κ2) is 6.18. The first-order valence-electron chi connectivity index (χ1n) is 7.90. The summed E-state index contributed by atoms with van der Waals surface area (Å²) in [5.74, 6) is 1.49. The zero-order chi connectivity index (χ0) is 15.7. The van der Waals surface area contributed by atoms with Crippen LogP contribution in [0.15, 0.2) is 29.2 Å². The summed E-state index contributed by atoms with van der Waals surface area (Å²) >= 11 is 0. The molecule has 1 heterocycles. The van der Waals surface area contributed by atoms with Crippen molar-refractivity contribution >= 4 is 10.0 Å². The number of nitrogens with zero attached hydrogens (tertiary/aromatic N) is 2. The lowest BCUT2D eigenvalue weighted by molar-refractivity contribution is 0.133. The first-order valence-corrected chi connectivity index (χ1v) is 9.34. The van der Waals surface area contributed by atoms with E-state index in [4.69, 9.17) is 4.74 Å². The Bertz CT molecular complexity index is 603. The highest BCUT2D eigenvalue weighted by Crippen LogP contribution is 2.35. The molecule has 1 unspecified atom stereocenters. The molecule has 0 bridgehead atoms. The quantitative estimate of drug-likeness (QED) is 0.829. The lowest BCUT2D eigenvalue weighted by atomic mass is 10.1. The SMILES string of the molecule is COc1ccc(S(=O)(=O)N2CCN(C(C)C3CC3)CC2)cc1. The van der Waals surface area contributed by atoms with E-state index in [0.29, 0.717) is 29.8 Å². The van der Waals surface area contributed by atoms with Crippen LogP contribution >= 0.6 is 0 Å². The summed E-state index contributed by atoms with van der Waals surface area (Å²) in [4.78, 5) is 2.77. The molecule has 3 rings (SSSR count). The number of methoxy groups -OCH3 is 1. The molecule has 122 valence electrons. The van der Waals surface area contributed by atoms with E-state index in [1.165, 1.54) is 12.8 Å². The fraction of sp³-hybridized carbons (Fsp3) is 0.625. The van der Waals surface area contributed by atoms with Crippen LogP contribution in [0.1, 0.15) is 19.8 Å². The second-order valence-electron chi connectivity index (χ2n) is 6.19. The second-order valence-corrected chi connectivity index (χ2v) is 8.13. The van der Waals surface area contributed by atoms with E-state index in [-0.39, 0.29) is 0 Å². The maximum atomic E-state index is 12.7. The van der Waals surface area contributed by atoms with Gasteiger partial charge in [0.2, 0.25) is 10.0 Å². The molecule has 1 saturated heterocycles. The van der Waals surface area contributed by atoms with E-state index in [1.807, 2.05) is 0 Å². The molecule has 0 amide bonds. The van der Waals surface area contributed by atoms with Crippen LogP contribution in [0.25, 0.3) is 0 Å². The highest BCUT2D eigenvalue weighted by molar-refractivity contribution is 7.89. The average molecular weight is 324 g/mol. The van der Waals surface area contributed by atoms with Gasteiger partial charge in [-0.2, -0.15) is 4.31 Å². The van der Waals surface area contributed by atoms with Gasteiger partial charge in [0.05, 0.1) is 12.0 Å². The van der Waals surface area contributed by atoms with Crippen molar-refractivity contribution in [2.75, 3.05) is 33.3 Å². The summed E-state index contributed by atoms with van der Waals surface area (Å²) in [6.07, 6.45) is 2.65. The van der Waals surface area contributed by atoms with Gasteiger partial charge in [-0.15, -0.1) is 0 Å².